The summed E-state index contributed by atoms with van der Waals surface area (Å²) < 4.78 is 13.2. The Bertz CT molecular complexity index is 2030. The summed E-state index contributed by atoms with van der Waals surface area (Å²) in [6.45, 7) is 5.09. The Kier molecular flexibility index (Phi) is 10.7. The molecule has 0 bridgehead atoms. The van der Waals surface area contributed by atoms with Gasteiger partial charge in [0.25, 0.3) is 0 Å². The van der Waals surface area contributed by atoms with Crippen LogP contribution in [0, 0.1) is 6.92 Å². The van der Waals surface area contributed by atoms with Crippen molar-refractivity contribution in [3.8, 4) is 11.4 Å². The van der Waals surface area contributed by atoms with E-state index in [1.54, 1.807) is 30.4 Å². The average molecular weight is 657 g/mol. The summed E-state index contributed by atoms with van der Waals surface area (Å²) in [4.78, 5) is 26.7. The van der Waals surface area contributed by atoms with E-state index < -0.39 is 0 Å². The molecule has 0 aliphatic heterocycles. The molecule has 6 aromatic rings. The second kappa shape index (κ2) is 15.9. The number of urea groups is 1. The third kappa shape index (κ3) is 8.57. The number of ether oxygens (including phenoxy) is 2. The zero-order valence-corrected chi connectivity index (χ0v) is 27.9. The monoisotopic (exact) mass is 656 g/mol. The molecule has 3 N–H and O–H groups in total. The van der Waals surface area contributed by atoms with Crippen LogP contribution in [0.3, 0.4) is 0 Å². The Morgan fingerprint density at radius 1 is 0.878 bits per heavy atom. The summed E-state index contributed by atoms with van der Waals surface area (Å²) in [6.07, 6.45) is 8.72. The lowest BCUT2D eigenvalue weighted by Crippen LogP contribution is -2.21. The molecule has 0 saturated carbocycles. The van der Waals surface area contributed by atoms with Gasteiger partial charge in [0.2, 0.25) is 0 Å². The molecule has 0 spiro atoms. The molecule has 3 aromatic heterocycles. The first-order chi connectivity index (χ1) is 24.0. The number of nitrogens with zero attached hydrogens (tertiary/aromatic N) is 5. The van der Waals surface area contributed by atoms with E-state index in [2.05, 4.69) is 37.8 Å². The van der Waals surface area contributed by atoms with Crippen LogP contribution >= 0.6 is 0 Å². The van der Waals surface area contributed by atoms with Crippen LogP contribution in [-0.2, 0) is 24.2 Å². The number of hydrogen-bond acceptors (Lipinski definition) is 8. The maximum Gasteiger partial charge on any atom is 0.324 e. The number of amides is 2. The SMILES string of the molecule is CCCCc1cc(NC(=O)Nc2ccc(OCc3ccnc(Nc4cncc(CCOC)n4)c3)c3ccccc23)n(-c2ccc(C)cc2)n1. The van der Waals surface area contributed by atoms with Gasteiger partial charge in [0, 0.05) is 42.8 Å². The summed E-state index contributed by atoms with van der Waals surface area (Å²) in [7, 11) is 1.66. The number of anilines is 4. The van der Waals surface area contributed by atoms with Gasteiger partial charge in [0.1, 0.15) is 29.8 Å². The molecule has 0 fully saturated rings. The van der Waals surface area contributed by atoms with Crippen molar-refractivity contribution in [1.82, 2.24) is 24.7 Å². The minimum absolute atomic E-state index is 0.317. The maximum absolute atomic E-state index is 13.4. The molecule has 11 nitrogen and oxygen atoms in total. The number of pyridine rings is 1. The molecule has 3 heterocycles. The van der Waals surface area contributed by atoms with Gasteiger partial charge >= 0.3 is 6.03 Å². The lowest BCUT2D eigenvalue weighted by molar-refractivity contribution is 0.201. The molecule has 0 aliphatic rings. The van der Waals surface area contributed by atoms with E-state index in [4.69, 9.17) is 14.6 Å². The first-order valence-electron chi connectivity index (χ1n) is 16.4. The lowest BCUT2D eigenvalue weighted by atomic mass is 10.1. The van der Waals surface area contributed by atoms with Crippen LogP contribution in [0.1, 0.15) is 42.3 Å². The van der Waals surface area contributed by atoms with Gasteiger partial charge in [-0.3, -0.25) is 10.3 Å². The van der Waals surface area contributed by atoms with Gasteiger partial charge in [-0.1, -0.05) is 55.3 Å². The van der Waals surface area contributed by atoms with Crippen LogP contribution in [-0.4, -0.2) is 44.5 Å². The minimum Gasteiger partial charge on any atom is -0.488 e. The normalized spacial score (nSPS) is 11.0. The van der Waals surface area contributed by atoms with Crippen molar-refractivity contribution in [3.05, 3.63) is 120 Å². The Morgan fingerprint density at radius 3 is 2.53 bits per heavy atom. The van der Waals surface area contributed by atoms with Crippen LogP contribution in [0.2, 0.25) is 0 Å². The van der Waals surface area contributed by atoms with Gasteiger partial charge in [0.05, 0.1) is 35.6 Å². The molecule has 250 valence electrons. The number of fused-ring (bicyclic) bond motifs is 1. The van der Waals surface area contributed by atoms with Gasteiger partial charge < -0.3 is 20.1 Å². The second-order valence-electron chi connectivity index (χ2n) is 11.7. The van der Waals surface area contributed by atoms with Crippen molar-refractivity contribution in [2.75, 3.05) is 29.7 Å². The number of carbonyl (C=O) groups is 1. The standard InChI is InChI=1S/C38H40N8O3/c1-4-5-8-28-22-37(46(45-28)30-13-11-26(2)12-14-30)44-38(47)42-33-15-16-34(32-10-7-6-9-31(32)33)49-25-27-17-19-40-35(21-27)43-36-24-39-23-29(41-36)18-20-48-3/h6-7,9-17,19,21-24H,4-5,8,18,20,25H2,1-3H3,(H,40,41,43)(H2,42,44,47). The van der Waals surface area contributed by atoms with Crippen LogP contribution < -0.4 is 20.7 Å². The van der Waals surface area contributed by atoms with E-state index in [9.17, 15) is 4.79 Å². The molecular formula is C38H40N8O3. The zero-order valence-electron chi connectivity index (χ0n) is 27.9. The summed E-state index contributed by atoms with van der Waals surface area (Å²) in [5.41, 5.74) is 5.39. The van der Waals surface area contributed by atoms with E-state index in [1.165, 1.54) is 0 Å². The predicted octanol–water partition coefficient (Wildman–Crippen LogP) is 8.02. The smallest absolute Gasteiger partial charge is 0.324 e. The highest BCUT2D eigenvalue weighted by Gasteiger charge is 2.15. The highest BCUT2D eigenvalue weighted by Crippen LogP contribution is 2.32. The minimum atomic E-state index is -0.361. The fraction of sp³-hybridized carbons (Fsp3) is 0.237. The summed E-state index contributed by atoms with van der Waals surface area (Å²) in [5.74, 6) is 2.54. The van der Waals surface area contributed by atoms with E-state index in [1.807, 2.05) is 85.8 Å². The molecule has 0 unspecified atom stereocenters. The van der Waals surface area contributed by atoms with Crippen molar-refractivity contribution >= 4 is 39.9 Å². The summed E-state index contributed by atoms with van der Waals surface area (Å²) >= 11 is 0. The molecule has 0 aliphatic carbocycles. The maximum atomic E-state index is 13.4. The summed E-state index contributed by atoms with van der Waals surface area (Å²) in [5, 5.41) is 15.8. The average Bonchev–Trinajstić information content (AvgIpc) is 3.52. The zero-order chi connectivity index (χ0) is 34.0. The number of carbonyl (C=O) groups excluding carboxylic acids is 1. The predicted molar refractivity (Wildman–Crippen MR) is 193 cm³/mol. The Morgan fingerprint density at radius 2 is 1.71 bits per heavy atom. The lowest BCUT2D eigenvalue weighted by Gasteiger charge is -2.15. The Hall–Kier alpha value is -5.81. The first-order valence-corrected chi connectivity index (χ1v) is 16.4. The van der Waals surface area contributed by atoms with Crippen LogP contribution in [0.25, 0.3) is 16.5 Å². The number of hydrogen-bond donors (Lipinski definition) is 3. The highest BCUT2D eigenvalue weighted by atomic mass is 16.5. The van der Waals surface area contributed by atoms with Crippen LogP contribution in [0.4, 0.5) is 27.9 Å². The highest BCUT2D eigenvalue weighted by molar-refractivity contribution is 6.07. The van der Waals surface area contributed by atoms with Gasteiger partial charge in [-0.05, 0) is 61.7 Å². The molecule has 3 aromatic carbocycles. The number of nitrogens with one attached hydrogen (secondary N) is 3. The van der Waals surface area contributed by atoms with Gasteiger partial charge in [-0.15, -0.1) is 0 Å². The van der Waals surface area contributed by atoms with Crippen molar-refractivity contribution in [3.63, 3.8) is 0 Å². The molecule has 0 radical (unpaired) electrons. The number of benzene rings is 3. The molecule has 6 rings (SSSR count). The fourth-order valence-corrected chi connectivity index (χ4v) is 5.38. The van der Waals surface area contributed by atoms with Gasteiger partial charge in [-0.25, -0.2) is 19.4 Å². The third-order valence-corrected chi connectivity index (χ3v) is 7.92. The second-order valence-corrected chi connectivity index (χ2v) is 11.7. The first kappa shape index (κ1) is 33.1. The van der Waals surface area contributed by atoms with Crippen LogP contribution in [0.15, 0.2) is 97.5 Å². The van der Waals surface area contributed by atoms with Gasteiger partial charge in [0.15, 0.2) is 0 Å². The van der Waals surface area contributed by atoms with E-state index >= 15 is 0 Å². The van der Waals surface area contributed by atoms with Crippen molar-refractivity contribution in [1.29, 1.82) is 0 Å². The van der Waals surface area contributed by atoms with E-state index in [0.29, 0.717) is 48.5 Å². The number of rotatable bonds is 14. The number of aromatic nitrogens is 5. The fourth-order valence-electron chi connectivity index (χ4n) is 5.38. The quantitative estimate of drug-likeness (QED) is 0.108. The van der Waals surface area contributed by atoms with E-state index in [-0.39, 0.29) is 6.03 Å². The topological polar surface area (TPSA) is 128 Å². The molecule has 11 heteroatoms. The van der Waals surface area contributed by atoms with Crippen molar-refractivity contribution in [2.24, 2.45) is 0 Å². The summed E-state index contributed by atoms with van der Waals surface area (Å²) in [6, 6.07) is 25.0. The Labute approximate surface area is 285 Å². The molecular weight excluding hydrogens is 616 g/mol. The number of aryl methyl sites for hydroxylation is 2. The van der Waals surface area contributed by atoms with Crippen LogP contribution in [0.5, 0.6) is 5.75 Å². The van der Waals surface area contributed by atoms with Crippen molar-refractivity contribution in [2.45, 2.75) is 46.1 Å². The largest absolute Gasteiger partial charge is 0.488 e. The molecule has 0 saturated heterocycles. The third-order valence-electron chi connectivity index (χ3n) is 7.92. The molecule has 0 atom stereocenters. The number of unbranched alkanes of at least 4 members (excludes halogenated alkanes) is 1. The Balaban J connectivity index is 1.15. The van der Waals surface area contributed by atoms with Gasteiger partial charge in [-0.2, -0.15) is 5.10 Å². The van der Waals surface area contributed by atoms with E-state index in [0.717, 1.165) is 58.2 Å². The molecule has 49 heavy (non-hydrogen) atoms. The number of methoxy groups -OCH3 is 1. The molecule has 2 amide bonds. The van der Waals surface area contributed by atoms with Crippen molar-refractivity contribution < 1.29 is 14.3 Å².